The van der Waals surface area contributed by atoms with Gasteiger partial charge in [-0.1, -0.05) is 0 Å². The van der Waals surface area contributed by atoms with Crippen molar-refractivity contribution in [2.75, 3.05) is 17.6 Å². The van der Waals surface area contributed by atoms with Crippen molar-refractivity contribution in [3.05, 3.63) is 46.1 Å². The molecular weight excluding hydrogens is 409 g/mol. The highest BCUT2D eigenvalue weighted by molar-refractivity contribution is 7.99. The first-order chi connectivity index (χ1) is 13.8. The lowest BCUT2D eigenvalue weighted by atomic mass is 10.0. The lowest BCUT2D eigenvalue weighted by molar-refractivity contribution is -0.116. The highest BCUT2D eigenvalue weighted by atomic mass is 32.2. The Hall–Kier alpha value is -1.90. The minimum atomic E-state index is -0.484. The van der Waals surface area contributed by atoms with Gasteiger partial charge >= 0.3 is 0 Å². The number of rotatable bonds is 8. The molecule has 3 N–H and O–H groups in total. The molecule has 29 heavy (non-hydrogen) atoms. The van der Waals surface area contributed by atoms with Crippen LogP contribution in [-0.4, -0.2) is 35.1 Å². The summed E-state index contributed by atoms with van der Waals surface area (Å²) in [5.41, 5.74) is 7.08. The smallest absolute Gasteiger partial charge is 0.251 e. The Morgan fingerprint density at radius 2 is 2.03 bits per heavy atom. The van der Waals surface area contributed by atoms with Gasteiger partial charge in [-0.15, -0.1) is 23.1 Å². The summed E-state index contributed by atoms with van der Waals surface area (Å²) >= 11 is 3.05. The average Bonchev–Trinajstić information content (AvgIpc) is 3.03. The van der Waals surface area contributed by atoms with Crippen molar-refractivity contribution in [3.63, 3.8) is 0 Å². The number of nitrogens with zero attached hydrogens (tertiary/aromatic N) is 1. The summed E-state index contributed by atoms with van der Waals surface area (Å²) < 4.78 is 12.9. The van der Waals surface area contributed by atoms with E-state index in [1.165, 1.54) is 23.5 Å². The lowest BCUT2D eigenvalue weighted by Crippen LogP contribution is -2.35. The van der Waals surface area contributed by atoms with Gasteiger partial charge in [0.25, 0.3) is 5.91 Å². The van der Waals surface area contributed by atoms with E-state index in [9.17, 15) is 14.0 Å². The number of hydrogen-bond acceptors (Lipinski definition) is 5. The van der Waals surface area contributed by atoms with Crippen LogP contribution in [0.25, 0.3) is 0 Å². The summed E-state index contributed by atoms with van der Waals surface area (Å²) in [6.45, 7) is 5.97. The van der Waals surface area contributed by atoms with Gasteiger partial charge in [0.15, 0.2) is 0 Å². The number of nitrogens with two attached hydrogens (primary N) is 1. The number of carbonyl (C=O) groups is 2. The Balaban J connectivity index is 1.57. The standard InChI is InChI=1S/C21H26FN3O2S2/c1-13(2)25-10-9-16-17(12-25)29-21(19(16)20(23)27)24-18(26)4-3-11-28-15-7-5-14(22)6-8-15/h5-8,13H,3-4,9-12H2,1-2H3,(H2,23,27)(H,24,26). The van der Waals surface area contributed by atoms with Gasteiger partial charge in [-0.05, 0) is 62.3 Å². The molecule has 0 radical (unpaired) electrons. The van der Waals surface area contributed by atoms with E-state index in [1.807, 2.05) is 0 Å². The maximum Gasteiger partial charge on any atom is 0.251 e. The van der Waals surface area contributed by atoms with Gasteiger partial charge in [-0.2, -0.15) is 0 Å². The summed E-state index contributed by atoms with van der Waals surface area (Å²) in [5, 5.41) is 3.47. The third kappa shape index (κ3) is 5.58. The van der Waals surface area contributed by atoms with Gasteiger partial charge in [0.05, 0.1) is 5.56 Å². The van der Waals surface area contributed by atoms with Crippen LogP contribution in [-0.2, 0) is 17.8 Å². The van der Waals surface area contributed by atoms with E-state index in [2.05, 4.69) is 24.1 Å². The molecule has 0 spiro atoms. The van der Waals surface area contributed by atoms with Gasteiger partial charge in [0.2, 0.25) is 5.91 Å². The molecule has 0 saturated heterocycles. The third-order valence-electron chi connectivity index (χ3n) is 4.95. The van der Waals surface area contributed by atoms with Crippen LogP contribution in [0.4, 0.5) is 9.39 Å². The van der Waals surface area contributed by atoms with E-state index >= 15 is 0 Å². The maximum absolute atomic E-state index is 12.9. The molecule has 2 aromatic rings. The molecule has 2 amide bonds. The predicted octanol–water partition coefficient (Wildman–Crippen LogP) is 4.26. The molecule has 1 aliphatic heterocycles. The van der Waals surface area contributed by atoms with Gasteiger partial charge in [0.1, 0.15) is 10.8 Å². The van der Waals surface area contributed by atoms with E-state index in [4.69, 9.17) is 5.73 Å². The second-order valence-corrected chi connectivity index (χ2v) is 9.61. The summed E-state index contributed by atoms with van der Waals surface area (Å²) in [5.74, 6) is -0.102. The first kappa shape index (κ1) is 21.8. The molecule has 5 nitrogen and oxygen atoms in total. The lowest BCUT2D eigenvalue weighted by Gasteiger charge is -2.30. The van der Waals surface area contributed by atoms with Crippen molar-refractivity contribution in [2.24, 2.45) is 5.73 Å². The molecule has 3 rings (SSSR count). The van der Waals surface area contributed by atoms with E-state index in [1.54, 1.807) is 23.9 Å². The first-order valence-corrected chi connectivity index (χ1v) is 11.5. The summed E-state index contributed by atoms with van der Waals surface area (Å²) in [4.78, 5) is 28.9. The molecule has 0 atom stereocenters. The molecular formula is C21H26FN3O2S2. The van der Waals surface area contributed by atoms with Gasteiger partial charge in [-0.3, -0.25) is 14.5 Å². The zero-order valence-corrected chi connectivity index (χ0v) is 18.3. The van der Waals surface area contributed by atoms with Crippen LogP contribution >= 0.6 is 23.1 Å². The molecule has 8 heteroatoms. The zero-order valence-electron chi connectivity index (χ0n) is 16.7. The number of anilines is 1. The number of fused-ring (bicyclic) bond motifs is 1. The third-order valence-corrected chi connectivity index (χ3v) is 7.18. The van der Waals surface area contributed by atoms with Crippen molar-refractivity contribution in [1.29, 1.82) is 0 Å². The van der Waals surface area contributed by atoms with E-state index < -0.39 is 5.91 Å². The van der Waals surface area contributed by atoms with Crippen LogP contribution < -0.4 is 11.1 Å². The maximum atomic E-state index is 12.9. The highest BCUT2D eigenvalue weighted by Gasteiger charge is 2.28. The summed E-state index contributed by atoms with van der Waals surface area (Å²) in [6.07, 6.45) is 1.81. The van der Waals surface area contributed by atoms with Crippen LogP contribution in [0.3, 0.4) is 0 Å². The zero-order chi connectivity index (χ0) is 21.0. The van der Waals surface area contributed by atoms with Crippen LogP contribution in [0.5, 0.6) is 0 Å². The van der Waals surface area contributed by atoms with Gasteiger partial charge in [-0.25, -0.2) is 4.39 Å². The van der Waals surface area contributed by atoms with E-state index in [0.717, 1.165) is 40.6 Å². The number of carbonyl (C=O) groups excluding carboxylic acids is 2. The van der Waals surface area contributed by atoms with E-state index in [0.29, 0.717) is 29.4 Å². The molecule has 0 fully saturated rings. The number of primary amides is 1. The molecule has 1 aliphatic rings. The highest BCUT2D eigenvalue weighted by Crippen LogP contribution is 2.37. The van der Waals surface area contributed by atoms with E-state index in [-0.39, 0.29) is 11.7 Å². The molecule has 0 aliphatic carbocycles. The SMILES string of the molecule is CC(C)N1CCc2c(sc(NC(=O)CCCSc3ccc(F)cc3)c2C(N)=O)C1. The van der Waals surface area contributed by atoms with Crippen LogP contribution in [0.2, 0.25) is 0 Å². The predicted molar refractivity (Wildman–Crippen MR) is 117 cm³/mol. The van der Waals surface area contributed by atoms with Crippen molar-refractivity contribution >= 4 is 39.9 Å². The Kier molecular flexibility index (Phi) is 7.32. The largest absolute Gasteiger partial charge is 0.365 e. The normalized spacial score (nSPS) is 14.1. The molecule has 0 unspecified atom stereocenters. The molecule has 0 bridgehead atoms. The number of thioether (sulfide) groups is 1. The molecule has 2 heterocycles. The molecule has 1 aromatic heterocycles. The monoisotopic (exact) mass is 435 g/mol. The fourth-order valence-electron chi connectivity index (χ4n) is 3.36. The van der Waals surface area contributed by atoms with Crippen molar-refractivity contribution < 1.29 is 14.0 Å². The average molecular weight is 436 g/mol. The minimum Gasteiger partial charge on any atom is -0.365 e. The fourth-order valence-corrected chi connectivity index (χ4v) is 5.50. The summed E-state index contributed by atoms with van der Waals surface area (Å²) in [7, 11) is 0. The van der Waals surface area contributed by atoms with Crippen molar-refractivity contribution in [1.82, 2.24) is 4.90 Å². The number of thiophene rings is 1. The second kappa shape index (κ2) is 9.73. The van der Waals surface area contributed by atoms with Crippen LogP contribution in [0.15, 0.2) is 29.2 Å². The molecule has 156 valence electrons. The Labute approximate surface area is 178 Å². The number of halogens is 1. The number of benzene rings is 1. The van der Waals surface area contributed by atoms with Gasteiger partial charge in [0, 0.05) is 35.3 Å². The summed E-state index contributed by atoms with van der Waals surface area (Å²) in [6, 6.07) is 6.75. The number of amides is 2. The first-order valence-electron chi connectivity index (χ1n) is 9.71. The molecule has 1 aromatic carbocycles. The van der Waals surface area contributed by atoms with Crippen molar-refractivity contribution in [2.45, 2.75) is 50.6 Å². The second-order valence-electron chi connectivity index (χ2n) is 7.34. The van der Waals surface area contributed by atoms with Crippen molar-refractivity contribution in [3.8, 4) is 0 Å². The Morgan fingerprint density at radius 1 is 1.31 bits per heavy atom. The number of nitrogens with one attached hydrogen (secondary N) is 1. The number of hydrogen-bond donors (Lipinski definition) is 2. The topological polar surface area (TPSA) is 75.4 Å². The van der Waals surface area contributed by atoms with Crippen LogP contribution in [0.1, 0.15) is 47.5 Å². The fraction of sp³-hybridized carbons (Fsp3) is 0.429. The minimum absolute atomic E-state index is 0.119. The molecule has 0 saturated carbocycles. The Morgan fingerprint density at radius 3 is 2.69 bits per heavy atom. The Bertz CT molecular complexity index is 881. The van der Waals surface area contributed by atoms with Gasteiger partial charge < -0.3 is 11.1 Å². The quantitative estimate of drug-likeness (QED) is 0.480. The van der Waals surface area contributed by atoms with Crippen LogP contribution in [0, 0.1) is 5.82 Å².